The predicted octanol–water partition coefficient (Wildman–Crippen LogP) is 3.60. The Labute approximate surface area is 116 Å². The average Bonchev–Trinajstić information content (AvgIpc) is 2.77. The third-order valence-corrected chi connectivity index (χ3v) is 5.18. The molecule has 0 bridgehead atoms. The minimum Gasteiger partial charge on any atom is -0.369 e. The Balaban J connectivity index is 1.97. The first-order valence-corrected chi connectivity index (χ1v) is 7.94. The van der Waals surface area contributed by atoms with Crippen molar-refractivity contribution in [2.45, 2.75) is 37.0 Å². The number of hydrogen-bond acceptors (Lipinski definition) is 3. The van der Waals surface area contributed by atoms with E-state index < -0.39 is 0 Å². The summed E-state index contributed by atoms with van der Waals surface area (Å²) in [5, 5.41) is 0.754. The Bertz CT molecular complexity index is 588. The first-order chi connectivity index (χ1) is 9.20. The lowest BCUT2D eigenvalue weighted by atomic mass is 9.94. The zero-order valence-corrected chi connectivity index (χ0v) is 11.8. The van der Waals surface area contributed by atoms with Gasteiger partial charge in [0.1, 0.15) is 5.52 Å². The quantitative estimate of drug-likeness (QED) is 0.913. The number of para-hydroxylation sites is 1. The third-order valence-electron chi connectivity index (χ3n) is 4.04. The van der Waals surface area contributed by atoms with Crippen LogP contribution in [0.5, 0.6) is 0 Å². The highest BCUT2D eigenvalue weighted by atomic mass is 32.2. The number of thioether (sulfide) groups is 1. The maximum absolute atomic E-state index is 13.7. The minimum absolute atomic E-state index is 0.291. The minimum atomic E-state index is -0.291. The van der Waals surface area contributed by atoms with Crippen LogP contribution in [0.15, 0.2) is 18.2 Å². The zero-order chi connectivity index (χ0) is 13.4. The molecule has 0 atom stereocenters. The summed E-state index contributed by atoms with van der Waals surface area (Å²) in [6.45, 7) is 0. The number of nitrogens with two attached hydrogens (primary N) is 1. The largest absolute Gasteiger partial charge is 0.369 e. The molecular weight excluding hydrogens is 261 g/mol. The van der Waals surface area contributed by atoms with E-state index in [1.807, 2.05) is 22.4 Å². The number of halogens is 1. The summed E-state index contributed by atoms with van der Waals surface area (Å²) in [6.07, 6.45) is 6.75. The van der Waals surface area contributed by atoms with Crippen LogP contribution in [0.2, 0.25) is 0 Å². The molecule has 0 radical (unpaired) electrons. The van der Waals surface area contributed by atoms with Gasteiger partial charge in [-0.2, -0.15) is 11.8 Å². The number of benzene rings is 1. The smallest absolute Gasteiger partial charge is 0.201 e. The molecule has 3 rings (SSSR count). The van der Waals surface area contributed by atoms with Crippen molar-refractivity contribution in [2.75, 3.05) is 12.0 Å². The van der Waals surface area contributed by atoms with E-state index in [1.54, 1.807) is 6.07 Å². The van der Waals surface area contributed by atoms with Crippen molar-refractivity contribution in [1.82, 2.24) is 9.55 Å². The molecule has 0 saturated heterocycles. The van der Waals surface area contributed by atoms with Gasteiger partial charge in [0.15, 0.2) is 5.82 Å². The van der Waals surface area contributed by atoms with E-state index in [0.717, 1.165) is 23.6 Å². The van der Waals surface area contributed by atoms with Crippen molar-refractivity contribution in [3.63, 3.8) is 0 Å². The summed E-state index contributed by atoms with van der Waals surface area (Å²) >= 11 is 1.94. The molecule has 5 heteroatoms. The van der Waals surface area contributed by atoms with Crippen LogP contribution in [0.3, 0.4) is 0 Å². The van der Waals surface area contributed by atoms with Crippen LogP contribution < -0.4 is 5.73 Å². The van der Waals surface area contributed by atoms with Crippen LogP contribution in [0.1, 0.15) is 31.7 Å². The van der Waals surface area contributed by atoms with Crippen molar-refractivity contribution in [1.29, 1.82) is 0 Å². The molecule has 1 saturated carbocycles. The summed E-state index contributed by atoms with van der Waals surface area (Å²) in [5.41, 5.74) is 7.22. The standard InChI is InChI=1S/C14H18FN3S/c1-19-10-7-5-9(6-8-10)18-12-4-2-3-11(15)13(12)17-14(18)16/h2-4,9-10H,5-8H2,1H3,(H2,16,17). The van der Waals surface area contributed by atoms with E-state index in [1.165, 1.54) is 18.9 Å². The van der Waals surface area contributed by atoms with Gasteiger partial charge in [-0.1, -0.05) is 6.07 Å². The van der Waals surface area contributed by atoms with Crippen LogP contribution in [-0.4, -0.2) is 21.1 Å². The van der Waals surface area contributed by atoms with Crippen molar-refractivity contribution >= 4 is 28.7 Å². The van der Waals surface area contributed by atoms with Crippen LogP contribution in [0.4, 0.5) is 10.3 Å². The van der Waals surface area contributed by atoms with Crippen LogP contribution >= 0.6 is 11.8 Å². The summed E-state index contributed by atoms with van der Waals surface area (Å²) in [4.78, 5) is 4.19. The lowest BCUT2D eigenvalue weighted by Crippen LogP contribution is -2.20. The molecule has 1 heterocycles. The maximum atomic E-state index is 13.7. The monoisotopic (exact) mass is 279 g/mol. The molecule has 3 nitrogen and oxygen atoms in total. The Morgan fingerprint density at radius 1 is 1.32 bits per heavy atom. The second-order valence-electron chi connectivity index (χ2n) is 5.11. The van der Waals surface area contributed by atoms with Crippen LogP contribution in [-0.2, 0) is 0 Å². The van der Waals surface area contributed by atoms with Crippen molar-refractivity contribution in [2.24, 2.45) is 0 Å². The Hall–Kier alpha value is -1.23. The molecular formula is C14H18FN3S. The Morgan fingerprint density at radius 3 is 2.74 bits per heavy atom. The van der Waals surface area contributed by atoms with E-state index in [9.17, 15) is 4.39 Å². The zero-order valence-electron chi connectivity index (χ0n) is 11.0. The van der Waals surface area contributed by atoms with Gasteiger partial charge in [0.25, 0.3) is 0 Å². The van der Waals surface area contributed by atoms with Crippen molar-refractivity contribution in [3.8, 4) is 0 Å². The van der Waals surface area contributed by atoms with E-state index in [4.69, 9.17) is 5.73 Å². The van der Waals surface area contributed by atoms with E-state index in [0.29, 0.717) is 17.5 Å². The molecule has 1 aliphatic rings. The van der Waals surface area contributed by atoms with Gasteiger partial charge >= 0.3 is 0 Å². The molecule has 102 valence electrons. The fourth-order valence-electron chi connectivity index (χ4n) is 3.02. The van der Waals surface area contributed by atoms with Gasteiger partial charge in [-0.3, -0.25) is 0 Å². The van der Waals surface area contributed by atoms with Gasteiger partial charge in [-0.15, -0.1) is 0 Å². The topological polar surface area (TPSA) is 43.8 Å². The molecule has 1 fully saturated rings. The normalized spacial score (nSPS) is 23.9. The number of fused-ring (bicyclic) bond motifs is 1. The van der Waals surface area contributed by atoms with Crippen molar-refractivity contribution in [3.05, 3.63) is 24.0 Å². The van der Waals surface area contributed by atoms with E-state index >= 15 is 0 Å². The first kappa shape index (κ1) is 12.8. The van der Waals surface area contributed by atoms with Gasteiger partial charge < -0.3 is 10.3 Å². The predicted molar refractivity (Wildman–Crippen MR) is 78.9 cm³/mol. The molecule has 1 aliphatic carbocycles. The summed E-state index contributed by atoms with van der Waals surface area (Å²) < 4.78 is 15.8. The molecule has 0 amide bonds. The highest BCUT2D eigenvalue weighted by molar-refractivity contribution is 7.99. The number of nitrogens with zero attached hydrogens (tertiary/aromatic N) is 2. The number of imidazole rings is 1. The molecule has 0 aliphatic heterocycles. The highest BCUT2D eigenvalue weighted by Gasteiger charge is 2.25. The first-order valence-electron chi connectivity index (χ1n) is 6.65. The molecule has 1 aromatic heterocycles. The number of anilines is 1. The molecule has 0 spiro atoms. The van der Waals surface area contributed by atoms with Gasteiger partial charge in [0, 0.05) is 11.3 Å². The van der Waals surface area contributed by atoms with E-state index in [2.05, 4.69) is 11.2 Å². The Kier molecular flexibility index (Phi) is 3.39. The van der Waals surface area contributed by atoms with Gasteiger partial charge in [0.2, 0.25) is 5.95 Å². The fourth-order valence-corrected chi connectivity index (χ4v) is 3.77. The second kappa shape index (κ2) is 5.04. The third kappa shape index (κ3) is 2.20. The van der Waals surface area contributed by atoms with Gasteiger partial charge in [-0.25, -0.2) is 9.37 Å². The summed E-state index contributed by atoms with van der Waals surface area (Å²) in [6, 6.07) is 5.42. The number of aromatic nitrogens is 2. The number of rotatable bonds is 2. The molecule has 0 unspecified atom stereocenters. The average molecular weight is 279 g/mol. The lowest BCUT2D eigenvalue weighted by molar-refractivity contribution is 0.370. The second-order valence-corrected chi connectivity index (χ2v) is 6.25. The highest BCUT2D eigenvalue weighted by Crippen LogP contribution is 2.37. The fraction of sp³-hybridized carbons (Fsp3) is 0.500. The molecule has 2 aromatic rings. The van der Waals surface area contributed by atoms with Gasteiger partial charge in [0.05, 0.1) is 5.52 Å². The summed E-state index contributed by atoms with van der Waals surface area (Å²) in [7, 11) is 0. The van der Waals surface area contributed by atoms with E-state index in [-0.39, 0.29) is 5.82 Å². The molecule has 19 heavy (non-hydrogen) atoms. The number of nitrogen functional groups attached to an aromatic ring is 1. The van der Waals surface area contributed by atoms with Crippen LogP contribution in [0, 0.1) is 5.82 Å². The van der Waals surface area contributed by atoms with Crippen molar-refractivity contribution < 1.29 is 4.39 Å². The maximum Gasteiger partial charge on any atom is 0.201 e. The molecule has 1 aromatic carbocycles. The van der Waals surface area contributed by atoms with Gasteiger partial charge in [-0.05, 0) is 44.1 Å². The lowest BCUT2D eigenvalue weighted by Gasteiger charge is -2.29. The SMILES string of the molecule is CSC1CCC(n2c(N)nc3c(F)cccc32)CC1. The number of hydrogen-bond donors (Lipinski definition) is 1. The Morgan fingerprint density at radius 2 is 2.05 bits per heavy atom. The molecule has 2 N–H and O–H groups in total. The summed E-state index contributed by atoms with van der Waals surface area (Å²) in [5.74, 6) is 0.147. The van der Waals surface area contributed by atoms with Crippen LogP contribution in [0.25, 0.3) is 11.0 Å².